The van der Waals surface area contributed by atoms with Crippen LogP contribution < -0.4 is 5.32 Å². The summed E-state index contributed by atoms with van der Waals surface area (Å²) >= 11 is 3.01. The zero-order valence-electron chi connectivity index (χ0n) is 16.6. The number of hydrogen-bond donors (Lipinski definition) is 1. The van der Waals surface area contributed by atoms with Gasteiger partial charge in [0, 0.05) is 20.8 Å². The van der Waals surface area contributed by atoms with Gasteiger partial charge in [0.15, 0.2) is 0 Å². The third kappa shape index (κ3) is 4.82. The minimum atomic E-state index is -0.583. The fraction of sp³-hybridized carbons (Fsp3) is 0.550. The molecule has 1 N–H and O–H groups in total. The Bertz CT molecular complexity index is 772. The first kappa shape index (κ1) is 21.7. The molecule has 1 aromatic rings. The van der Waals surface area contributed by atoms with Crippen molar-refractivity contribution in [2.45, 2.75) is 53.9 Å². The van der Waals surface area contributed by atoms with Crippen LogP contribution in [0.25, 0.3) is 4.91 Å². The number of nitrogens with one attached hydrogen (secondary N) is 1. The van der Waals surface area contributed by atoms with Gasteiger partial charge in [0.25, 0.3) is 0 Å². The van der Waals surface area contributed by atoms with Crippen LogP contribution in [0.5, 0.6) is 0 Å². The zero-order chi connectivity index (χ0) is 20.2. The maximum atomic E-state index is 12.6. The number of thiophene rings is 1. The fourth-order valence-corrected chi connectivity index (χ4v) is 5.19. The molecule has 1 aliphatic rings. The summed E-state index contributed by atoms with van der Waals surface area (Å²) in [5, 5.41) is 3.43. The Morgan fingerprint density at radius 3 is 2.52 bits per heavy atom. The van der Waals surface area contributed by atoms with Crippen LogP contribution in [0, 0.1) is 5.41 Å². The summed E-state index contributed by atoms with van der Waals surface area (Å²) in [7, 11) is 0. The monoisotopic (exact) mass is 409 g/mol. The van der Waals surface area contributed by atoms with E-state index in [0.29, 0.717) is 23.4 Å². The second-order valence-corrected chi connectivity index (χ2v) is 9.48. The van der Waals surface area contributed by atoms with E-state index >= 15 is 0 Å². The molecule has 0 saturated heterocycles. The number of aldehydes is 1. The van der Waals surface area contributed by atoms with Crippen LogP contribution in [0.1, 0.15) is 68.3 Å². The number of thioether (sulfide) groups is 1. The van der Waals surface area contributed by atoms with Gasteiger partial charge in [-0.05, 0) is 37.5 Å². The molecule has 1 amide bonds. The van der Waals surface area contributed by atoms with Crippen molar-refractivity contribution in [1.29, 1.82) is 0 Å². The van der Waals surface area contributed by atoms with Gasteiger partial charge in [-0.25, -0.2) is 4.79 Å². The van der Waals surface area contributed by atoms with E-state index < -0.39 is 11.4 Å². The average molecular weight is 410 g/mol. The standard InChI is InChI=1S/C20H27NO4S2/c1-6-10-26-15-12(11-22)8-9-13-14(18(23)25-7-2)17(27-16(13)15)21-19(24)20(3,4)5/h11H,6-10H2,1-5H3,(H,21,24). The molecule has 1 aliphatic carbocycles. The Morgan fingerprint density at radius 2 is 1.96 bits per heavy atom. The Morgan fingerprint density at radius 1 is 1.26 bits per heavy atom. The summed E-state index contributed by atoms with van der Waals surface area (Å²) in [5.74, 6) is 0.310. The molecule has 1 aromatic heterocycles. The van der Waals surface area contributed by atoms with E-state index in [-0.39, 0.29) is 12.5 Å². The van der Waals surface area contributed by atoms with Crippen molar-refractivity contribution in [3.8, 4) is 0 Å². The number of allylic oxidation sites excluding steroid dienone is 1. The predicted molar refractivity (Wildman–Crippen MR) is 112 cm³/mol. The molecule has 0 aliphatic heterocycles. The summed E-state index contributed by atoms with van der Waals surface area (Å²) in [4.78, 5) is 38.6. The SMILES string of the molecule is CCCSC1=C(C=O)CCc2c1sc(NC(=O)C(C)(C)C)c2C(=O)OCC. The second-order valence-electron chi connectivity index (χ2n) is 7.36. The van der Waals surface area contributed by atoms with E-state index in [1.807, 2.05) is 20.8 Å². The number of amides is 1. The normalized spacial score (nSPS) is 14.0. The highest BCUT2D eigenvalue weighted by Gasteiger charge is 2.32. The highest BCUT2D eigenvalue weighted by molar-refractivity contribution is 8.08. The molecule has 0 unspecified atom stereocenters. The average Bonchev–Trinajstić information content (AvgIpc) is 2.97. The topological polar surface area (TPSA) is 72.5 Å². The molecule has 0 saturated carbocycles. The van der Waals surface area contributed by atoms with Gasteiger partial charge < -0.3 is 10.1 Å². The highest BCUT2D eigenvalue weighted by atomic mass is 32.2. The molecule has 0 bridgehead atoms. The number of carbonyl (C=O) groups is 3. The lowest BCUT2D eigenvalue weighted by atomic mass is 9.94. The van der Waals surface area contributed by atoms with Gasteiger partial charge in [-0.2, -0.15) is 0 Å². The van der Waals surface area contributed by atoms with E-state index in [2.05, 4.69) is 12.2 Å². The van der Waals surface area contributed by atoms with E-state index in [4.69, 9.17) is 4.74 Å². The summed E-state index contributed by atoms with van der Waals surface area (Å²) in [5.41, 5.74) is 1.51. The minimum Gasteiger partial charge on any atom is -0.462 e. The number of esters is 1. The molecule has 0 spiro atoms. The van der Waals surface area contributed by atoms with Crippen LogP contribution in [-0.4, -0.2) is 30.5 Å². The quantitative estimate of drug-likeness (QED) is 0.512. The Kier molecular flexibility index (Phi) is 7.28. The number of rotatable bonds is 7. The van der Waals surface area contributed by atoms with Crippen LogP contribution in [0.4, 0.5) is 5.00 Å². The summed E-state index contributed by atoms with van der Waals surface area (Å²) < 4.78 is 5.25. The number of hydrogen-bond acceptors (Lipinski definition) is 6. The highest BCUT2D eigenvalue weighted by Crippen LogP contribution is 2.47. The molecule has 27 heavy (non-hydrogen) atoms. The van der Waals surface area contributed by atoms with E-state index in [0.717, 1.165) is 39.4 Å². The van der Waals surface area contributed by atoms with Crippen LogP contribution >= 0.6 is 23.1 Å². The van der Waals surface area contributed by atoms with Gasteiger partial charge in [-0.1, -0.05) is 27.7 Å². The number of anilines is 1. The molecule has 148 valence electrons. The van der Waals surface area contributed by atoms with Crippen molar-refractivity contribution in [3.63, 3.8) is 0 Å². The maximum Gasteiger partial charge on any atom is 0.341 e. The van der Waals surface area contributed by atoms with Gasteiger partial charge in [-0.3, -0.25) is 9.59 Å². The van der Waals surface area contributed by atoms with E-state index in [1.54, 1.807) is 18.7 Å². The van der Waals surface area contributed by atoms with Crippen LogP contribution in [0.15, 0.2) is 5.57 Å². The van der Waals surface area contributed by atoms with Crippen molar-refractivity contribution in [3.05, 3.63) is 21.6 Å². The van der Waals surface area contributed by atoms with Crippen molar-refractivity contribution in [2.24, 2.45) is 5.41 Å². The zero-order valence-corrected chi connectivity index (χ0v) is 18.2. The summed E-state index contributed by atoms with van der Waals surface area (Å²) in [6.07, 6.45) is 3.09. The Labute approximate surface area is 168 Å². The van der Waals surface area contributed by atoms with Crippen LogP contribution in [0.3, 0.4) is 0 Å². The lowest BCUT2D eigenvalue weighted by Gasteiger charge is -2.18. The summed E-state index contributed by atoms with van der Waals surface area (Å²) in [6, 6.07) is 0. The maximum absolute atomic E-state index is 12.6. The van der Waals surface area contributed by atoms with Gasteiger partial charge in [0.2, 0.25) is 5.91 Å². The molecule has 1 heterocycles. The fourth-order valence-electron chi connectivity index (χ4n) is 2.68. The second kappa shape index (κ2) is 9.06. The molecule has 0 radical (unpaired) electrons. The van der Waals surface area contributed by atoms with Gasteiger partial charge in [-0.15, -0.1) is 23.1 Å². The lowest BCUT2D eigenvalue weighted by molar-refractivity contribution is -0.123. The van der Waals surface area contributed by atoms with Gasteiger partial charge in [0.05, 0.1) is 12.2 Å². The Balaban J connectivity index is 2.57. The third-order valence-electron chi connectivity index (χ3n) is 4.13. The number of ether oxygens (including phenoxy) is 1. The minimum absolute atomic E-state index is 0.158. The molecular weight excluding hydrogens is 382 g/mol. The van der Waals surface area contributed by atoms with Gasteiger partial charge >= 0.3 is 5.97 Å². The first-order valence-electron chi connectivity index (χ1n) is 9.20. The van der Waals surface area contributed by atoms with Crippen molar-refractivity contribution in [1.82, 2.24) is 0 Å². The molecule has 2 rings (SSSR count). The molecule has 7 heteroatoms. The number of carbonyl (C=O) groups excluding carboxylic acids is 3. The molecule has 0 fully saturated rings. The Hall–Kier alpha value is -1.60. The summed E-state index contributed by atoms with van der Waals surface area (Å²) in [6.45, 7) is 9.60. The molecule has 0 aromatic carbocycles. The first-order valence-corrected chi connectivity index (χ1v) is 11.0. The van der Waals surface area contributed by atoms with Crippen LogP contribution in [-0.2, 0) is 20.7 Å². The lowest BCUT2D eigenvalue weighted by Crippen LogP contribution is -2.28. The van der Waals surface area contributed by atoms with Crippen molar-refractivity contribution >= 4 is 51.2 Å². The predicted octanol–water partition coefficient (Wildman–Crippen LogP) is 4.91. The van der Waals surface area contributed by atoms with Crippen molar-refractivity contribution in [2.75, 3.05) is 17.7 Å². The van der Waals surface area contributed by atoms with E-state index in [1.165, 1.54) is 11.3 Å². The van der Waals surface area contributed by atoms with E-state index in [9.17, 15) is 14.4 Å². The van der Waals surface area contributed by atoms with Gasteiger partial charge in [0.1, 0.15) is 11.3 Å². The molecule has 5 nitrogen and oxygen atoms in total. The largest absolute Gasteiger partial charge is 0.462 e. The van der Waals surface area contributed by atoms with Crippen molar-refractivity contribution < 1.29 is 19.1 Å². The van der Waals surface area contributed by atoms with Crippen LogP contribution in [0.2, 0.25) is 0 Å². The molecular formula is C20H27NO4S2. The smallest absolute Gasteiger partial charge is 0.341 e. The number of fused-ring (bicyclic) bond motifs is 1. The first-order chi connectivity index (χ1) is 12.7. The third-order valence-corrected chi connectivity index (χ3v) is 6.79. The molecule has 0 atom stereocenters.